The third kappa shape index (κ3) is 3.69. The van der Waals surface area contributed by atoms with Gasteiger partial charge < -0.3 is 15.6 Å². The molecule has 1 aliphatic heterocycles. The highest BCUT2D eigenvalue weighted by Gasteiger charge is 2.19. The van der Waals surface area contributed by atoms with Gasteiger partial charge in [0.1, 0.15) is 10.7 Å². The predicted molar refractivity (Wildman–Crippen MR) is 84.0 cm³/mol. The van der Waals surface area contributed by atoms with Crippen LogP contribution in [0.3, 0.4) is 0 Å². The average molecular weight is 294 g/mol. The Bertz CT molecular complexity index is 471. The molecular formula is C15H22N2O2S. The van der Waals surface area contributed by atoms with Crippen molar-refractivity contribution < 1.29 is 9.84 Å². The quantitative estimate of drug-likeness (QED) is 0.807. The Morgan fingerprint density at radius 3 is 2.70 bits per heavy atom. The third-order valence-electron chi connectivity index (χ3n) is 3.92. The Labute approximate surface area is 125 Å². The van der Waals surface area contributed by atoms with Gasteiger partial charge in [0, 0.05) is 24.3 Å². The lowest BCUT2D eigenvalue weighted by Gasteiger charge is -2.31. The van der Waals surface area contributed by atoms with Gasteiger partial charge in [-0.05, 0) is 50.0 Å². The number of benzene rings is 1. The van der Waals surface area contributed by atoms with Crippen LogP contribution in [0.4, 0.5) is 0 Å². The van der Waals surface area contributed by atoms with Crippen LogP contribution < -0.4 is 10.5 Å². The first kappa shape index (κ1) is 15.2. The minimum atomic E-state index is 0.300. The number of rotatable bonds is 5. The molecule has 1 aromatic rings. The van der Waals surface area contributed by atoms with Crippen molar-refractivity contribution in [2.24, 2.45) is 11.7 Å². The first-order valence-electron chi connectivity index (χ1n) is 6.94. The summed E-state index contributed by atoms with van der Waals surface area (Å²) in [7, 11) is 1.68. The van der Waals surface area contributed by atoms with Gasteiger partial charge in [-0.2, -0.15) is 0 Å². The summed E-state index contributed by atoms with van der Waals surface area (Å²) in [5, 5.41) is 9.18. The number of piperidine rings is 1. The fraction of sp³-hybridized carbons (Fsp3) is 0.533. The monoisotopic (exact) mass is 294 g/mol. The summed E-state index contributed by atoms with van der Waals surface area (Å²) < 4.78 is 5.41. The van der Waals surface area contributed by atoms with Crippen molar-refractivity contribution in [2.75, 3.05) is 26.8 Å². The van der Waals surface area contributed by atoms with Crippen molar-refractivity contribution in [3.8, 4) is 5.75 Å². The molecule has 1 aromatic carbocycles. The van der Waals surface area contributed by atoms with Crippen LogP contribution in [-0.2, 0) is 6.54 Å². The number of hydrogen-bond donors (Lipinski definition) is 2. The minimum Gasteiger partial charge on any atom is -0.496 e. The number of aliphatic hydroxyl groups excluding tert-OH is 1. The molecular weight excluding hydrogens is 272 g/mol. The van der Waals surface area contributed by atoms with Crippen LogP contribution in [0.2, 0.25) is 0 Å². The zero-order valence-electron chi connectivity index (χ0n) is 11.8. The van der Waals surface area contributed by atoms with E-state index in [4.69, 9.17) is 22.7 Å². The lowest BCUT2D eigenvalue weighted by molar-refractivity contribution is 0.127. The second-order valence-electron chi connectivity index (χ2n) is 5.29. The standard InChI is InChI=1S/C15H22N2O2S/c1-19-14-3-2-12(15(16)20)8-13(14)9-17-6-4-11(10-18)5-7-17/h2-3,8,11,18H,4-7,9-10H2,1H3,(H2,16,20). The van der Waals surface area contributed by atoms with E-state index in [0.717, 1.165) is 49.4 Å². The summed E-state index contributed by atoms with van der Waals surface area (Å²) in [5.74, 6) is 1.32. The SMILES string of the molecule is COc1ccc(C(N)=S)cc1CN1CCC(CO)CC1. The van der Waals surface area contributed by atoms with E-state index in [-0.39, 0.29) is 0 Å². The normalized spacial score (nSPS) is 17.1. The first-order chi connectivity index (χ1) is 9.63. The summed E-state index contributed by atoms with van der Waals surface area (Å²) in [6.07, 6.45) is 2.10. The van der Waals surface area contributed by atoms with E-state index < -0.39 is 0 Å². The lowest BCUT2D eigenvalue weighted by atomic mass is 9.97. The molecule has 5 heteroatoms. The lowest BCUT2D eigenvalue weighted by Crippen LogP contribution is -2.34. The molecule has 0 aromatic heterocycles. The number of thiocarbonyl (C=S) groups is 1. The Hall–Kier alpha value is -1.17. The zero-order valence-corrected chi connectivity index (χ0v) is 12.7. The van der Waals surface area contributed by atoms with Crippen molar-refractivity contribution in [1.82, 2.24) is 4.90 Å². The molecule has 0 saturated carbocycles. The number of hydrogen-bond acceptors (Lipinski definition) is 4. The van der Waals surface area contributed by atoms with Gasteiger partial charge in [0.05, 0.1) is 7.11 Å². The zero-order chi connectivity index (χ0) is 14.5. The van der Waals surface area contributed by atoms with Gasteiger partial charge in [-0.1, -0.05) is 12.2 Å². The predicted octanol–water partition coefficient (Wildman–Crippen LogP) is 1.53. The van der Waals surface area contributed by atoms with Gasteiger partial charge in [-0.15, -0.1) is 0 Å². The van der Waals surface area contributed by atoms with Gasteiger partial charge in [0.15, 0.2) is 0 Å². The summed E-state index contributed by atoms with van der Waals surface area (Å²) in [6.45, 7) is 3.14. The molecule has 1 saturated heterocycles. The third-order valence-corrected chi connectivity index (χ3v) is 4.16. The number of nitrogens with zero attached hydrogens (tertiary/aromatic N) is 1. The summed E-state index contributed by atoms with van der Waals surface area (Å²) in [5.41, 5.74) is 7.68. The topological polar surface area (TPSA) is 58.7 Å². The van der Waals surface area contributed by atoms with Crippen molar-refractivity contribution in [1.29, 1.82) is 0 Å². The van der Waals surface area contributed by atoms with E-state index in [1.165, 1.54) is 0 Å². The summed E-state index contributed by atoms with van der Waals surface area (Å²) in [4.78, 5) is 2.79. The molecule has 0 aliphatic carbocycles. The molecule has 0 amide bonds. The van der Waals surface area contributed by atoms with Crippen LogP contribution in [0, 0.1) is 5.92 Å². The van der Waals surface area contributed by atoms with E-state index in [1.807, 2.05) is 18.2 Å². The van der Waals surface area contributed by atoms with Gasteiger partial charge in [-0.3, -0.25) is 4.90 Å². The number of nitrogens with two attached hydrogens (primary N) is 1. The van der Waals surface area contributed by atoms with Gasteiger partial charge >= 0.3 is 0 Å². The largest absolute Gasteiger partial charge is 0.496 e. The van der Waals surface area contributed by atoms with Crippen LogP contribution in [0.25, 0.3) is 0 Å². The molecule has 3 N–H and O–H groups in total. The Morgan fingerprint density at radius 1 is 1.45 bits per heavy atom. The maximum Gasteiger partial charge on any atom is 0.123 e. The van der Waals surface area contributed by atoms with Crippen LogP contribution >= 0.6 is 12.2 Å². The van der Waals surface area contributed by atoms with E-state index in [9.17, 15) is 5.11 Å². The van der Waals surface area contributed by atoms with Crippen LogP contribution in [0.1, 0.15) is 24.0 Å². The Balaban J connectivity index is 2.08. The highest BCUT2D eigenvalue weighted by Crippen LogP contribution is 2.24. The maximum absolute atomic E-state index is 9.18. The molecule has 0 bridgehead atoms. The molecule has 0 spiro atoms. The van der Waals surface area contributed by atoms with E-state index >= 15 is 0 Å². The Kier molecular flexibility index (Phi) is 5.34. The minimum absolute atomic E-state index is 0.300. The molecule has 0 radical (unpaired) electrons. The molecule has 110 valence electrons. The van der Waals surface area contributed by atoms with E-state index in [0.29, 0.717) is 17.5 Å². The molecule has 0 atom stereocenters. The maximum atomic E-state index is 9.18. The molecule has 2 rings (SSSR count). The van der Waals surface area contributed by atoms with Crippen LogP contribution in [0.15, 0.2) is 18.2 Å². The Morgan fingerprint density at radius 2 is 2.15 bits per heavy atom. The molecule has 20 heavy (non-hydrogen) atoms. The fourth-order valence-electron chi connectivity index (χ4n) is 2.62. The summed E-state index contributed by atoms with van der Waals surface area (Å²) in [6, 6.07) is 5.83. The van der Waals surface area contributed by atoms with Crippen molar-refractivity contribution in [3.05, 3.63) is 29.3 Å². The first-order valence-corrected chi connectivity index (χ1v) is 7.34. The highest BCUT2D eigenvalue weighted by molar-refractivity contribution is 7.80. The second kappa shape index (κ2) is 7.02. The van der Waals surface area contributed by atoms with Crippen molar-refractivity contribution in [3.63, 3.8) is 0 Å². The molecule has 1 fully saturated rings. The van der Waals surface area contributed by atoms with Crippen LogP contribution in [-0.4, -0.2) is 41.8 Å². The highest BCUT2D eigenvalue weighted by atomic mass is 32.1. The van der Waals surface area contributed by atoms with Crippen molar-refractivity contribution >= 4 is 17.2 Å². The van der Waals surface area contributed by atoms with Gasteiger partial charge in [0.25, 0.3) is 0 Å². The number of methoxy groups -OCH3 is 1. The molecule has 0 unspecified atom stereocenters. The van der Waals surface area contributed by atoms with E-state index in [2.05, 4.69) is 4.90 Å². The van der Waals surface area contributed by atoms with Gasteiger partial charge in [-0.25, -0.2) is 0 Å². The second-order valence-corrected chi connectivity index (χ2v) is 5.73. The number of aliphatic hydroxyl groups is 1. The molecule has 4 nitrogen and oxygen atoms in total. The summed E-state index contributed by atoms with van der Waals surface area (Å²) >= 11 is 5.03. The fourth-order valence-corrected chi connectivity index (χ4v) is 2.75. The molecule has 1 heterocycles. The van der Waals surface area contributed by atoms with E-state index in [1.54, 1.807) is 7.11 Å². The number of ether oxygens (including phenoxy) is 1. The van der Waals surface area contributed by atoms with Crippen molar-refractivity contribution in [2.45, 2.75) is 19.4 Å². The molecule has 1 aliphatic rings. The smallest absolute Gasteiger partial charge is 0.123 e. The average Bonchev–Trinajstić information content (AvgIpc) is 2.48. The van der Waals surface area contributed by atoms with Gasteiger partial charge in [0.2, 0.25) is 0 Å². The number of likely N-dealkylation sites (tertiary alicyclic amines) is 1. The van der Waals surface area contributed by atoms with Crippen LogP contribution in [0.5, 0.6) is 5.75 Å².